The molecule has 1 amide bonds. The number of carboxylic acids is 1. The van der Waals surface area contributed by atoms with Crippen LogP contribution in [0.2, 0.25) is 0 Å². The van der Waals surface area contributed by atoms with Crippen LogP contribution in [0, 0.1) is 3.57 Å². The number of carbonyl (C=O) groups excluding carboxylic acids is 1. The van der Waals surface area contributed by atoms with Gasteiger partial charge in [-0.25, -0.2) is 0 Å². The average molecular weight is 373 g/mol. The van der Waals surface area contributed by atoms with E-state index in [2.05, 4.69) is 27.9 Å². The molecule has 5 heteroatoms. The molecule has 0 bridgehead atoms. The lowest BCUT2D eigenvalue weighted by Gasteiger charge is -2.28. The Hall–Kier alpha value is -1.11. The molecule has 102 valence electrons. The molecule has 1 fully saturated rings. The third-order valence-corrected chi connectivity index (χ3v) is 4.19. The van der Waals surface area contributed by atoms with E-state index in [1.807, 2.05) is 12.1 Å². The van der Waals surface area contributed by atoms with E-state index < -0.39 is 11.5 Å². The number of amides is 1. The van der Waals surface area contributed by atoms with Crippen molar-refractivity contribution >= 4 is 34.5 Å². The van der Waals surface area contributed by atoms with E-state index in [1.165, 1.54) is 0 Å². The minimum atomic E-state index is -0.857. The molecule has 1 aliphatic rings. The second-order valence-electron chi connectivity index (χ2n) is 5.02. The van der Waals surface area contributed by atoms with Crippen LogP contribution in [0.3, 0.4) is 0 Å². The van der Waals surface area contributed by atoms with Crippen molar-refractivity contribution in [2.75, 3.05) is 0 Å². The fourth-order valence-electron chi connectivity index (χ4n) is 2.63. The van der Waals surface area contributed by atoms with Gasteiger partial charge in [0.05, 0.1) is 12.0 Å². The predicted molar refractivity (Wildman–Crippen MR) is 80.1 cm³/mol. The summed E-state index contributed by atoms with van der Waals surface area (Å²) < 4.78 is 0.990. The summed E-state index contributed by atoms with van der Waals surface area (Å²) in [5, 5.41) is 12.0. The standard InChI is InChI=1S/C14H16INO3/c15-11-5-3-4-10(8-11)13(19)16-14(9-12(17)18)6-1-2-7-14/h3-5,8H,1-2,6-7,9H2,(H,16,19)(H,17,18). The number of benzene rings is 1. The third-order valence-electron chi connectivity index (χ3n) is 3.52. The number of hydrogen-bond acceptors (Lipinski definition) is 2. The first kappa shape index (κ1) is 14.3. The van der Waals surface area contributed by atoms with Crippen LogP contribution < -0.4 is 5.32 Å². The minimum absolute atomic E-state index is 0.00264. The highest BCUT2D eigenvalue weighted by atomic mass is 127. The largest absolute Gasteiger partial charge is 0.481 e. The maximum absolute atomic E-state index is 12.2. The SMILES string of the molecule is O=C(O)CC1(NC(=O)c2cccc(I)c2)CCCC1. The Morgan fingerprint density at radius 2 is 2.00 bits per heavy atom. The summed E-state index contributed by atoms with van der Waals surface area (Å²) in [4.78, 5) is 23.2. The normalized spacial score (nSPS) is 17.1. The molecule has 1 saturated carbocycles. The summed E-state index contributed by atoms with van der Waals surface area (Å²) in [5.41, 5.74) is 0.0213. The van der Waals surface area contributed by atoms with Crippen LogP contribution in [-0.4, -0.2) is 22.5 Å². The van der Waals surface area contributed by atoms with E-state index >= 15 is 0 Å². The van der Waals surface area contributed by atoms with Gasteiger partial charge in [-0.05, 0) is 53.6 Å². The third kappa shape index (κ3) is 3.68. The van der Waals surface area contributed by atoms with Gasteiger partial charge in [0.1, 0.15) is 0 Å². The van der Waals surface area contributed by atoms with Crippen molar-refractivity contribution in [3.63, 3.8) is 0 Å². The highest BCUT2D eigenvalue weighted by molar-refractivity contribution is 14.1. The summed E-state index contributed by atoms with van der Waals surface area (Å²) in [5.74, 6) is -1.04. The van der Waals surface area contributed by atoms with Gasteiger partial charge in [-0.15, -0.1) is 0 Å². The number of aliphatic carboxylic acids is 1. The Balaban J connectivity index is 2.13. The molecule has 2 N–H and O–H groups in total. The van der Waals surface area contributed by atoms with Crippen molar-refractivity contribution in [3.8, 4) is 0 Å². The number of rotatable bonds is 4. The van der Waals surface area contributed by atoms with Gasteiger partial charge >= 0.3 is 5.97 Å². The first-order chi connectivity index (χ1) is 9.01. The van der Waals surface area contributed by atoms with Crippen LogP contribution in [0.25, 0.3) is 0 Å². The molecule has 1 aliphatic carbocycles. The highest BCUT2D eigenvalue weighted by Gasteiger charge is 2.37. The maximum atomic E-state index is 12.2. The molecule has 0 atom stereocenters. The van der Waals surface area contributed by atoms with E-state index in [1.54, 1.807) is 12.1 Å². The lowest BCUT2D eigenvalue weighted by Crippen LogP contribution is -2.47. The molecular weight excluding hydrogens is 357 g/mol. The molecule has 0 heterocycles. The fraction of sp³-hybridized carbons (Fsp3) is 0.429. The maximum Gasteiger partial charge on any atom is 0.305 e. The average Bonchev–Trinajstić information content (AvgIpc) is 2.76. The minimum Gasteiger partial charge on any atom is -0.481 e. The van der Waals surface area contributed by atoms with Crippen molar-refractivity contribution in [3.05, 3.63) is 33.4 Å². The van der Waals surface area contributed by atoms with Crippen LogP contribution in [0.15, 0.2) is 24.3 Å². The van der Waals surface area contributed by atoms with Gasteiger partial charge < -0.3 is 10.4 Å². The molecular formula is C14H16INO3. The molecule has 0 aromatic heterocycles. The van der Waals surface area contributed by atoms with Gasteiger partial charge in [-0.2, -0.15) is 0 Å². The van der Waals surface area contributed by atoms with Gasteiger partial charge in [0, 0.05) is 9.13 Å². The lowest BCUT2D eigenvalue weighted by atomic mass is 9.92. The van der Waals surface area contributed by atoms with Crippen molar-refractivity contribution in [2.45, 2.75) is 37.6 Å². The van der Waals surface area contributed by atoms with E-state index in [0.29, 0.717) is 5.56 Å². The van der Waals surface area contributed by atoms with Gasteiger partial charge in [-0.3, -0.25) is 9.59 Å². The number of carbonyl (C=O) groups is 2. The Labute approximate surface area is 125 Å². The second-order valence-corrected chi connectivity index (χ2v) is 6.27. The van der Waals surface area contributed by atoms with Crippen molar-refractivity contribution in [2.24, 2.45) is 0 Å². The van der Waals surface area contributed by atoms with Gasteiger partial charge in [-0.1, -0.05) is 18.9 Å². The Morgan fingerprint density at radius 1 is 1.32 bits per heavy atom. The van der Waals surface area contributed by atoms with Crippen molar-refractivity contribution in [1.82, 2.24) is 5.32 Å². The molecule has 2 rings (SSSR count). The summed E-state index contributed by atoms with van der Waals surface area (Å²) in [6.07, 6.45) is 3.44. The van der Waals surface area contributed by atoms with Crippen molar-refractivity contribution in [1.29, 1.82) is 0 Å². The zero-order valence-corrected chi connectivity index (χ0v) is 12.6. The molecule has 0 saturated heterocycles. The first-order valence-electron chi connectivity index (χ1n) is 6.31. The van der Waals surface area contributed by atoms with Crippen LogP contribution in [-0.2, 0) is 4.79 Å². The first-order valence-corrected chi connectivity index (χ1v) is 7.39. The molecule has 1 aromatic rings. The van der Waals surface area contributed by atoms with Gasteiger partial charge in [0.2, 0.25) is 0 Å². The molecule has 0 aliphatic heterocycles. The van der Waals surface area contributed by atoms with Gasteiger partial charge in [0.25, 0.3) is 5.91 Å². The second kappa shape index (κ2) is 5.90. The van der Waals surface area contributed by atoms with E-state index in [-0.39, 0.29) is 12.3 Å². The van der Waals surface area contributed by atoms with E-state index in [4.69, 9.17) is 5.11 Å². The predicted octanol–water partition coefficient (Wildman–Crippen LogP) is 2.81. The number of nitrogens with one attached hydrogen (secondary N) is 1. The molecule has 4 nitrogen and oxygen atoms in total. The van der Waals surface area contributed by atoms with Gasteiger partial charge in [0.15, 0.2) is 0 Å². The van der Waals surface area contributed by atoms with Crippen LogP contribution >= 0.6 is 22.6 Å². The van der Waals surface area contributed by atoms with Crippen LogP contribution in [0.5, 0.6) is 0 Å². The Kier molecular flexibility index (Phi) is 4.44. The molecule has 0 radical (unpaired) electrons. The molecule has 0 spiro atoms. The summed E-state index contributed by atoms with van der Waals surface area (Å²) in [7, 11) is 0. The molecule has 0 unspecified atom stereocenters. The quantitative estimate of drug-likeness (QED) is 0.798. The monoisotopic (exact) mass is 373 g/mol. The zero-order valence-electron chi connectivity index (χ0n) is 10.5. The Bertz CT molecular complexity index is 495. The van der Waals surface area contributed by atoms with E-state index in [0.717, 1.165) is 29.3 Å². The number of hydrogen-bond donors (Lipinski definition) is 2. The fourth-order valence-corrected chi connectivity index (χ4v) is 3.17. The van der Waals surface area contributed by atoms with Crippen LogP contribution in [0.4, 0.5) is 0 Å². The lowest BCUT2D eigenvalue weighted by molar-refractivity contribution is -0.138. The smallest absolute Gasteiger partial charge is 0.305 e. The highest BCUT2D eigenvalue weighted by Crippen LogP contribution is 2.33. The zero-order chi connectivity index (χ0) is 13.9. The molecule has 1 aromatic carbocycles. The van der Waals surface area contributed by atoms with E-state index in [9.17, 15) is 9.59 Å². The topological polar surface area (TPSA) is 66.4 Å². The molecule has 19 heavy (non-hydrogen) atoms. The summed E-state index contributed by atoms with van der Waals surface area (Å²) in [6, 6.07) is 7.30. The number of halogens is 1. The van der Waals surface area contributed by atoms with Crippen LogP contribution in [0.1, 0.15) is 42.5 Å². The Morgan fingerprint density at radius 3 is 2.58 bits per heavy atom. The summed E-state index contributed by atoms with van der Waals surface area (Å²) in [6.45, 7) is 0. The van der Waals surface area contributed by atoms with Crippen molar-refractivity contribution < 1.29 is 14.7 Å². The number of carboxylic acid groups (broad SMARTS) is 1. The summed E-state index contributed by atoms with van der Waals surface area (Å²) >= 11 is 2.15.